The number of benzene rings is 1. The number of aromatic nitrogens is 3. The number of hydrogen-bond donors (Lipinski definition) is 2. The third kappa shape index (κ3) is 3.97. The van der Waals surface area contributed by atoms with Crippen LogP contribution in [-0.4, -0.2) is 39.2 Å². The second-order valence-corrected chi connectivity index (χ2v) is 5.89. The first-order valence-electron chi connectivity index (χ1n) is 7.78. The van der Waals surface area contributed by atoms with Gasteiger partial charge in [0.1, 0.15) is 5.82 Å². The molecule has 120 valence electrons. The van der Waals surface area contributed by atoms with Gasteiger partial charge in [0.25, 0.3) is 0 Å². The standard InChI is InChI=1S/C17H21N5O/c1-12-7-9-22(10-8-12)17(23)19-15-5-3-14(4-6-15)11-16-18-13(2)20-21-16/h3-7H,8-11H2,1-2H3,(H,19,23)(H,18,20,21). The highest BCUT2D eigenvalue weighted by Gasteiger charge is 2.15. The van der Waals surface area contributed by atoms with Crippen molar-refractivity contribution in [3.63, 3.8) is 0 Å². The molecule has 23 heavy (non-hydrogen) atoms. The smallest absolute Gasteiger partial charge is 0.320 e. The first kappa shape index (κ1) is 15.3. The van der Waals surface area contributed by atoms with Crippen molar-refractivity contribution in [3.05, 3.63) is 53.1 Å². The number of anilines is 1. The normalized spacial score (nSPS) is 14.5. The Labute approximate surface area is 135 Å². The van der Waals surface area contributed by atoms with E-state index in [2.05, 4.69) is 33.5 Å². The average molecular weight is 311 g/mol. The van der Waals surface area contributed by atoms with Gasteiger partial charge in [-0.2, -0.15) is 5.10 Å². The number of nitrogens with one attached hydrogen (secondary N) is 2. The van der Waals surface area contributed by atoms with Crippen LogP contribution in [0.25, 0.3) is 0 Å². The van der Waals surface area contributed by atoms with Gasteiger partial charge in [0, 0.05) is 25.2 Å². The number of urea groups is 1. The maximum absolute atomic E-state index is 12.2. The van der Waals surface area contributed by atoms with Gasteiger partial charge in [-0.15, -0.1) is 0 Å². The summed E-state index contributed by atoms with van der Waals surface area (Å²) in [5.74, 6) is 1.59. The summed E-state index contributed by atoms with van der Waals surface area (Å²) in [4.78, 5) is 18.3. The van der Waals surface area contributed by atoms with Crippen LogP contribution in [0.5, 0.6) is 0 Å². The summed E-state index contributed by atoms with van der Waals surface area (Å²) < 4.78 is 0. The molecule has 0 atom stereocenters. The minimum atomic E-state index is -0.0499. The van der Waals surface area contributed by atoms with Crippen LogP contribution >= 0.6 is 0 Å². The van der Waals surface area contributed by atoms with Crippen molar-refractivity contribution in [3.8, 4) is 0 Å². The van der Waals surface area contributed by atoms with Crippen molar-refractivity contribution in [2.75, 3.05) is 18.4 Å². The number of amides is 2. The SMILES string of the molecule is CC1=CCN(C(=O)Nc2ccc(Cc3n[nH]c(C)n3)cc2)CC1. The first-order chi connectivity index (χ1) is 11.1. The van der Waals surface area contributed by atoms with Crippen LogP contribution in [0.2, 0.25) is 0 Å². The van der Waals surface area contributed by atoms with E-state index in [0.717, 1.165) is 35.9 Å². The molecule has 2 N–H and O–H groups in total. The molecular formula is C17H21N5O. The van der Waals surface area contributed by atoms with Gasteiger partial charge < -0.3 is 10.2 Å². The fraction of sp³-hybridized carbons (Fsp3) is 0.353. The highest BCUT2D eigenvalue weighted by atomic mass is 16.2. The minimum absolute atomic E-state index is 0.0499. The zero-order valence-corrected chi connectivity index (χ0v) is 13.5. The van der Waals surface area contributed by atoms with E-state index >= 15 is 0 Å². The fourth-order valence-electron chi connectivity index (χ4n) is 2.51. The van der Waals surface area contributed by atoms with Gasteiger partial charge in [-0.3, -0.25) is 5.10 Å². The van der Waals surface area contributed by atoms with E-state index < -0.39 is 0 Å². The van der Waals surface area contributed by atoms with E-state index in [9.17, 15) is 4.79 Å². The molecule has 1 aromatic heterocycles. The molecule has 2 aromatic rings. The third-order valence-electron chi connectivity index (χ3n) is 3.93. The number of nitrogens with zero attached hydrogens (tertiary/aromatic N) is 3. The van der Waals surface area contributed by atoms with Gasteiger partial charge >= 0.3 is 6.03 Å². The topological polar surface area (TPSA) is 73.9 Å². The van der Waals surface area contributed by atoms with Crippen LogP contribution in [0.15, 0.2) is 35.9 Å². The molecule has 0 aliphatic carbocycles. The molecule has 1 aromatic carbocycles. The lowest BCUT2D eigenvalue weighted by atomic mass is 10.1. The number of carbonyl (C=O) groups is 1. The summed E-state index contributed by atoms with van der Waals surface area (Å²) in [5, 5.41) is 9.91. The zero-order valence-electron chi connectivity index (χ0n) is 13.5. The monoisotopic (exact) mass is 311 g/mol. The Bertz CT molecular complexity index is 717. The second kappa shape index (κ2) is 6.64. The predicted molar refractivity (Wildman–Crippen MR) is 89.3 cm³/mol. The Morgan fingerprint density at radius 3 is 2.70 bits per heavy atom. The zero-order chi connectivity index (χ0) is 16.2. The van der Waals surface area contributed by atoms with Crippen LogP contribution < -0.4 is 5.32 Å². The van der Waals surface area contributed by atoms with Gasteiger partial charge in [0.15, 0.2) is 5.82 Å². The molecule has 0 saturated carbocycles. The van der Waals surface area contributed by atoms with Gasteiger partial charge in [-0.05, 0) is 38.0 Å². The quantitative estimate of drug-likeness (QED) is 0.856. The number of hydrogen-bond acceptors (Lipinski definition) is 3. The molecule has 0 unspecified atom stereocenters. The van der Waals surface area contributed by atoms with E-state index in [-0.39, 0.29) is 6.03 Å². The summed E-state index contributed by atoms with van der Waals surface area (Å²) in [6.07, 6.45) is 3.72. The molecule has 2 heterocycles. The van der Waals surface area contributed by atoms with Gasteiger partial charge in [0.2, 0.25) is 0 Å². The number of H-pyrrole nitrogens is 1. The van der Waals surface area contributed by atoms with Crippen molar-refractivity contribution in [1.29, 1.82) is 0 Å². The summed E-state index contributed by atoms with van der Waals surface area (Å²) in [6, 6.07) is 7.75. The summed E-state index contributed by atoms with van der Waals surface area (Å²) in [5.41, 5.74) is 3.26. The molecule has 0 spiro atoms. The number of rotatable bonds is 3. The number of carbonyl (C=O) groups excluding carboxylic acids is 1. The van der Waals surface area contributed by atoms with Crippen molar-refractivity contribution >= 4 is 11.7 Å². The Hall–Kier alpha value is -2.63. The average Bonchev–Trinajstić information content (AvgIpc) is 2.95. The highest BCUT2D eigenvalue weighted by molar-refractivity contribution is 5.89. The Morgan fingerprint density at radius 1 is 1.30 bits per heavy atom. The van der Waals surface area contributed by atoms with E-state index in [0.29, 0.717) is 13.0 Å². The highest BCUT2D eigenvalue weighted by Crippen LogP contribution is 2.15. The lowest BCUT2D eigenvalue weighted by Gasteiger charge is -2.25. The Kier molecular flexibility index (Phi) is 4.41. The van der Waals surface area contributed by atoms with Crippen molar-refractivity contribution < 1.29 is 4.79 Å². The molecule has 1 aliphatic heterocycles. The molecule has 3 rings (SSSR count). The minimum Gasteiger partial charge on any atom is -0.320 e. The Balaban J connectivity index is 1.58. The maximum atomic E-state index is 12.2. The van der Waals surface area contributed by atoms with Crippen LogP contribution in [0, 0.1) is 6.92 Å². The molecule has 0 radical (unpaired) electrons. The molecule has 0 fully saturated rings. The van der Waals surface area contributed by atoms with Gasteiger partial charge in [0.05, 0.1) is 0 Å². The molecule has 1 aliphatic rings. The van der Waals surface area contributed by atoms with Crippen molar-refractivity contribution in [1.82, 2.24) is 20.1 Å². The number of aromatic amines is 1. The van der Waals surface area contributed by atoms with E-state index in [4.69, 9.17) is 0 Å². The second-order valence-electron chi connectivity index (χ2n) is 5.89. The van der Waals surface area contributed by atoms with Crippen LogP contribution in [0.1, 0.15) is 30.6 Å². The molecular weight excluding hydrogens is 290 g/mol. The summed E-state index contributed by atoms with van der Waals surface area (Å²) in [6.45, 7) is 5.44. The van der Waals surface area contributed by atoms with Gasteiger partial charge in [-0.25, -0.2) is 9.78 Å². The maximum Gasteiger partial charge on any atom is 0.322 e. The van der Waals surface area contributed by atoms with Crippen molar-refractivity contribution in [2.45, 2.75) is 26.7 Å². The van der Waals surface area contributed by atoms with Crippen LogP contribution in [0.3, 0.4) is 0 Å². The molecule has 0 saturated heterocycles. The van der Waals surface area contributed by atoms with Crippen molar-refractivity contribution in [2.24, 2.45) is 0 Å². The van der Waals surface area contributed by atoms with E-state index in [1.165, 1.54) is 5.57 Å². The largest absolute Gasteiger partial charge is 0.322 e. The van der Waals surface area contributed by atoms with Crippen LogP contribution in [0.4, 0.5) is 10.5 Å². The van der Waals surface area contributed by atoms with Crippen LogP contribution in [-0.2, 0) is 6.42 Å². The first-order valence-corrected chi connectivity index (χ1v) is 7.78. The molecule has 6 heteroatoms. The van der Waals surface area contributed by atoms with Gasteiger partial charge in [-0.1, -0.05) is 23.8 Å². The summed E-state index contributed by atoms with van der Waals surface area (Å²) in [7, 11) is 0. The third-order valence-corrected chi connectivity index (χ3v) is 3.93. The molecule has 0 bridgehead atoms. The lowest BCUT2D eigenvalue weighted by Crippen LogP contribution is -2.37. The summed E-state index contributed by atoms with van der Waals surface area (Å²) >= 11 is 0. The molecule has 2 amide bonds. The van der Waals surface area contributed by atoms with E-state index in [1.54, 1.807) is 0 Å². The number of aryl methyl sites for hydroxylation is 1. The van der Waals surface area contributed by atoms with E-state index in [1.807, 2.05) is 36.1 Å². The Morgan fingerprint density at radius 2 is 2.09 bits per heavy atom. The predicted octanol–water partition coefficient (Wildman–Crippen LogP) is 2.89. The molecule has 6 nitrogen and oxygen atoms in total. The fourth-order valence-corrected chi connectivity index (χ4v) is 2.51. The lowest BCUT2D eigenvalue weighted by molar-refractivity contribution is 0.215.